The molecule has 7 heteroatoms. The SMILES string of the molecule is CC1CN(S(=O)(=O)c2cccc(C(=O)Nc3ccccc3C(C)(C)C)c2)CC(C)O1. The summed E-state index contributed by atoms with van der Waals surface area (Å²) in [6, 6.07) is 13.8. The number of amides is 1. The molecular formula is C23H30N2O4S. The van der Waals surface area contributed by atoms with Crippen LogP contribution in [0.1, 0.15) is 50.5 Å². The van der Waals surface area contributed by atoms with Gasteiger partial charge in [-0.3, -0.25) is 4.79 Å². The zero-order valence-corrected chi connectivity index (χ0v) is 19.0. The molecule has 1 aliphatic rings. The van der Waals surface area contributed by atoms with Crippen LogP contribution in [0, 0.1) is 0 Å². The van der Waals surface area contributed by atoms with Crippen molar-refractivity contribution in [1.82, 2.24) is 4.31 Å². The van der Waals surface area contributed by atoms with Crippen LogP contribution in [0.2, 0.25) is 0 Å². The fourth-order valence-corrected chi connectivity index (χ4v) is 5.35. The summed E-state index contributed by atoms with van der Waals surface area (Å²) >= 11 is 0. The van der Waals surface area contributed by atoms with Crippen LogP contribution >= 0.6 is 0 Å². The molecule has 30 heavy (non-hydrogen) atoms. The second kappa shape index (κ2) is 8.49. The quantitative estimate of drug-likeness (QED) is 0.794. The van der Waals surface area contributed by atoms with Gasteiger partial charge in [0, 0.05) is 24.3 Å². The largest absolute Gasteiger partial charge is 0.373 e. The molecule has 1 fully saturated rings. The smallest absolute Gasteiger partial charge is 0.255 e. The van der Waals surface area contributed by atoms with Crippen molar-refractivity contribution in [2.45, 2.75) is 57.1 Å². The molecule has 1 heterocycles. The minimum atomic E-state index is -3.71. The Hall–Kier alpha value is -2.22. The predicted molar refractivity (Wildman–Crippen MR) is 118 cm³/mol. The Labute approximate surface area is 179 Å². The minimum absolute atomic E-state index is 0.112. The Kier molecular flexibility index (Phi) is 6.36. The van der Waals surface area contributed by atoms with Gasteiger partial charge in [-0.25, -0.2) is 8.42 Å². The molecule has 3 rings (SSSR count). The molecule has 1 aliphatic heterocycles. The zero-order valence-electron chi connectivity index (χ0n) is 18.2. The molecule has 1 amide bonds. The third kappa shape index (κ3) is 4.91. The number of hydrogen-bond donors (Lipinski definition) is 1. The van der Waals surface area contributed by atoms with Crippen molar-refractivity contribution < 1.29 is 17.9 Å². The first-order valence-corrected chi connectivity index (χ1v) is 11.6. The van der Waals surface area contributed by atoms with Crippen LogP contribution in [0.4, 0.5) is 5.69 Å². The molecular weight excluding hydrogens is 400 g/mol. The number of rotatable bonds is 4. The van der Waals surface area contributed by atoms with Gasteiger partial charge in [0.05, 0.1) is 17.1 Å². The first-order valence-electron chi connectivity index (χ1n) is 10.1. The van der Waals surface area contributed by atoms with Crippen LogP contribution in [0.3, 0.4) is 0 Å². The maximum atomic E-state index is 13.1. The topological polar surface area (TPSA) is 75.7 Å². The van der Waals surface area contributed by atoms with Gasteiger partial charge in [-0.1, -0.05) is 45.0 Å². The lowest BCUT2D eigenvalue weighted by Gasteiger charge is -2.34. The van der Waals surface area contributed by atoms with Gasteiger partial charge >= 0.3 is 0 Å². The van der Waals surface area contributed by atoms with E-state index in [1.807, 2.05) is 38.1 Å². The summed E-state index contributed by atoms with van der Waals surface area (Å²) in [7, 11) is -3.71. The van der Waals surface area contributed by atoms with Crippen LogP contribution in [0.15, 0.2) is 53.4 Å². The number of anilines is 1. The molecule has 0 spiro atoms. The summed E-state index contributed by atoms with van der Waals surface area (Å²) in [5, 5.41) is 2.94. The van der Waals surface area contributed by atoms with Gasteiger partial charge in [0.1, 0.15) is 0 Å². The molecule has 2 unspecified atom stereocenters. The normalized spacial score (nSPS) is 20.7. The summed E-state index contributed by atoms with van der Waals surface area (Å²) in [6.45, 7) is 10.5. The van der Waals surface area contributed by atoms with Crippen LogP contribution in [-0.2, 0) is 20.2 Å². The van der Waals surface area contributed by atoms with E-state index in [9.17, 15) is 13.2 Å². The highest BCUT2D eigenvalue weighted by molar-refractivity contribution is 7.89. The van der Waals surface area contributed by atoms with Gasteiger partial charge in [-0.05, 0) is 49.1 Å². The highest BCUT2D eigenvalue weighted by atomic mass is 32.2. The van der Waals surface area contributed by atoms with Crippen molar-refractivity contribution in [3.05, 3.63) is 59.7 Å². The Morgan fingerprint density at radius 3 is 2.30 bits per heavy atom. The average Bonchev–Trinajstić information content (AvgIpc) is 2.67. The van der Waals surface area contributed by atoms with Crippen LogP contribution < -0.4 is 5.32 Å². The maximum Gasteiger partial charge on any atom is 0.255 e. The molecule has 0 bridgehead atoms. The summed E-state index contributed by atoms with van der Waals surface area (Å²) in [6.07, 6.45) is -0.354. The monoisotopic (exact) mass is 430 g/mol. The number of sulfonamides is 1. The molecule has 162 valence electrons. The molecule has 0 radical (unpaired) electrons. The number of ether oxygens (including phenoxy) is 1. The molecule has 2 aromatic carbocycles. The number of nitrogens with zero attached hydrogens (tertiary/aromatic N) is 1. The Morgan fingerprint density at radius 2 is 1.67 bits per heavy atom. The highest BCUT2D eigenvalue weighted by Gasteiger charge is 2.32. The molecule has 0 saturated carbocycles. The van der Waals surface area contributed by atoms with Crippen molar-refractivity contribution in [2.24, 2.45) is 0 Å². The van der Waals surface area contributed by atoms with Gasteiger partial charge in [0.2, 0.25) is 10.0 Å². The highest BCUT2D eigenvalue weighted by Crippen LogP contribution is 2.30. The lowest BCUT2D eigenvalue weighted by Crippen LogP contribution is -2.48. The number of morpholine rings is 1. The van der Waals surface area contributed by atoms with Crippen LogP contribution in [0.5, 0.6) is 0 Å². The first-order chi connectivity index (χ1) is 14.0. The third-order valence-corrected chi connectivity index (χ3v) is 6.93. The van der Waals surface area contributed by atoms with E-state index in [2.05, 4.69) is 26.1 Å². The van der Waals surface area contributed by atoms with E-state index in [-0.39, 0.29) is 28.4 Å². The number of carbonyl (C=O) groups is 1. The predicted octanol–water partition coefficient (Wildman–Crippen LogP) is 4.03. The second-order valence-electron chi connectivity index (χ2n) is 8.86. The van der Waals surface area contributed by atoms with Crippen molar-refractivity contribution in [1.29, 1.82) is 0 Å². The van der Waals surface area contributed by atoms with E-state index < -0.39 is 10.0 Å². The Balaban J connectivity index is 1.86. The van der Waals surface area contributed by atoms with Gasteiger partial charge in [-0.15, -0.1) is 0 Å². The molecule has 1 N–H and O–H groups in total. The summed E-state index contributed by atoms with van der Waals surface area (Å²) < 4.78 is 33.3. The van der Waals surface area contributed by atoms with Gasteiger partial charge < -0.3 is 10.1 Å². The molecule has 0 aromatic heterocycles. The summed E-state index contributed by atoms with van der Waals surface area (Å²) in [5.74, 6) is -0.340. The number of nitrogens with one attached hydrogen (secondary N) is 1. The zero-order chi connectivity index (χ0) is 22.1. The van der Waals surface area contributed by atoms with E-state index in [0.29, 0.717) is 18.7 Å². The fraction of sp³-hybridized carbons (Fsp3) is 0.435. The third-order valence-electron chi connectivity index (χ3n) is 5.10. The summed E-state index contributed by atoms with van der Waals surface area (Å²) in [5.41, 5.74) is 1.89. The Morgan fingerprint density at radius 1 is 1.03 bits per heavy atom. The van der Waals surface area contributed by atoms with Crippen molar-refractivity contribution in [3.63, 3.8) is 0 Å². The van der Waals surface area contributed by atoms with Gasteiger partial charge in [0.15, 0.2) is 0 Å². The van der Waals surface area contributed by atoms with Crippen LogP contribution in [-0.4, -0.2) is 43.9 Å². The van der Waals surface area contributed by atoms with E-state index in [0.717, 1.165) is 11.3 Å². The van der Waals surface area contributed by atoms with Crippen molar-refractivity contribution in [3.8, 4) is 0 Å². The average molecular weight is 431 g/mol. The molecule has 1 saturated heterocycles. The minimum Gasteiger partial charge on any atom is -0.373 e. The molecule has 2 aromatic rings. The number of para-hydroxylation sites is 1. The lowest BCUT2D eigenvalue weighted by atomic mass is 9.86. The Bertz CT molecular complexity index is 1020. The maximum absolute atomic E-state index is 13.1. The fourth-order valence-electron chi connectivity index (χ4n) is 3.71. The standard InChI is InChI=1S/C23H30N2O4S/c1-16-14-25(15-17(2)29-16)30(27,28)19-10-8-9-18(13-19)22(26)24-21-12-7-6-11-20(21)23(3,4)5/h6-13,16-17H,14-15H2,1-5H3,(H,24,26). The van der Waals surface area contributed by atoms with Crippen LogP contribution in [0.25, 0.3) is 0 Å². The van der Waals surface area contributed by atoms with E-state index in [1.54, 1.807) is 12.1 Å². The lowest BCUT2D eigenvalue weighted by molar-refractivity contribution is -0.0440. The molecule has 0 aliphatic carbocycles. The molecule has 2 atom stereocenters. The van der Waals surface area contributed by atoms with E-state index in [1.165, 1.54) is 16.4 Å². The van der Waals surface area contributed by atoms with Gasteiger partial charge in [-0.2, -0.15) is 4.31 Å². The van der Waals surface area contributed by atoms with Gasteiger partial charge in [0.25, 0.3) is 5.91 Å². The summed E-state index contributed by atoms with van der Waals surface area (Å²) in [4.78, 5) is 13.0. The van der Waals surface area contributed by atoms with Crippen molar-refractivity contribution in [2.75, 3.05) is 18.4 Å². The number of carbonyl (C=O) groups excluding carboxylic acids is 1. The number of benzene rings is 2. The van der Waals surface area contributed by atoms with E-state index in [4.69, 9.17) is 4.74 Å². The number of hydrogen-bond acceptors (Lipinski definition) is 4. The molecule has 6 nitrogen and oxygen atoms in total. The first kappa shape index (κ1) is 22.5. The van der Waals surface area contributed by atoms with E-state index >= 15 is 0 Å². The second-order valence-corrected chi connectivity index (χ2v) is 10.8. The van der Waals surface area contributed by atoms with Crippen molar-refractivity contribution >= 4 is 21.6 Å².